The first kappa shape index (κ1) is 23.5. The molecule has 0 saturated heterocycles. The van der Waals surface area contributed by atoms with E-state index in [1.165, 1.54) is 18.2 Å². The molecule has 0 saturated carbocycles. The molecule has 0 heterocycles. The molecule has 6 nitrogen and oxygen atoms in total. The second kappa shape index (κ2) is 9.82. The van der Waals surface area contributed by atoms with Crippen molar-refractivity contribution in [2.75, 3.05) is 13.2 Å². The smallest absolute Gasteiger partial charge is 0.325 e. The highest BCUT2D eigenvalue weighted by Crippen LogP contribution is 2.28. The second-order valence-corrected chi connectivity index (χ2v) is 10.3. The minimum Gasteiger partial charge on any atom is -0.464 e. The third kappa shape index (κ3) is 6.61. The van der Waals surface area contributed by atoms with Crippen molar-refractivity contribution in [1.29, 1.82) is 0 Å². The number of nitrogens with one attached hydrogen (secondary N) is 1. The third-order valence-corrected chi connectivity index (χ3v) is 6.19. The van der Waals surface area contributed by atoms with E-state index in [0.717, 1.165) is 18.2 Å². The van der Waals surface area contributed by atoms with Gasteiger partial charge in [-0.3, -0.25) is 9.59 Å². The first-order chi connectivity index (χ1) is 13.5. The quantitative estimate of drug-likeness (QED) is 0.524. The summed E-state index contributed by atoms with van der Waals surface area (Å²) >= 11 is 6.24. The van der Waals surface area contributed by atoms with Gasteiger partial charge in [0.1, 0.15) is 12.4 Å². The van der Waals surface area contributed by atoms with E-state index < -0.39 is 27.5 Å². The standard InChI is InChI=1S/C19H18Br2FNO5S/c1-11(2)10-28-18(24)9-23-19(25)12-3-13(20)6-16(4-12)29(26,27)17-7-14(21)5-15(22)8-17/h3-8,11H,9-10H2,1-2H3,(H,23,25). The summed E-state index contributed by atoms with van der Waals surface area (Å²) in [6, 6.07) is 7.18. The SMILES string of the molecule is CC(C)COC(=O)CNC(=O)c1cc(Br)cc(S(=O)(=O)c2cc(F)cc(Br)c2)c1. The van der Waals surface area contributed by atoms with E-state index in [4.69, 9.17) is 4.74 Å². The molecule has 0 spiro atoms. The van der Waals surface area contributed by atoms with Crippen molar-refractivity contribution >= 4 is 53.6 Å². The normalized spacial score (nSPS) is 11.4. The minimum absolute atomic E-state index is 0.0186. The van der Waals surface area contributed by atoms with E-state index in [-0.39, 0.29) is 38.9 Å². The van der Waals surface area contributed by atoms with Gasteiger partial charge in [0, 0.05) is 14.5 Å². The van der Waals surface area contributed by atoms with Crippen LogP contribution in [0.5, 0.6) is 0 Å². The fraction of sp³-hybridized carbons (Fsp3) is 0.263. The number of sulfone groups is 1. The third-order valence-electron chi connectivity index (χ3n) is 3.56. The number of rotatable bonds is 7. The number of hydrogen-bond donors (Lipinski definition) is 1. The van der Waals surface area contributed by atoms with Crippen LogP contribution in [0.2, 0.25) is 0 Å². The zero-order chi connectivity index (χ0) is 21.8. The number of esters is 1. The van der Waals surface area contributed by atoms with Gasteiger partial charge >= 0.3 is 5.97 Å². The van der Waals surface area contributed by atoms with Crippen molar-refractivity contribution in [1.82, 2.24) is 5.32 Å². The predicted molar refractivity (Wildman–Crippen MR) is 112 cm³/mol. The molecular formula is C19H18Br2FNO5S. The molecule has 0 atom stereocenters. The first-order valence-corrected chi connectivity index (χ1v) is 11.5. The van der Waals surface area contributed by atoms with Crippen LogP contribution in [0.4, 0.5) is 4.39 Å². The van der Waals surface area contributed by atoms with E-state index in [1.54, 1.807) is 0 Å². The number of ether oxygens (including phenoxy) is 1. The Labute approximate surface area is 185 Å². The molecule has 29 heavy (non-hydrogen) atoms. The van der Waals surface area contributed by atoms with Gasteiger partial charge in [-0.1, -0.05) is 45.7 Å². The number of benzene rings is 2. The Balaban J connectivity index is 2.25. The van der Waals surface area contributed by atoms with E-state index >= 15 is 0 Å². The minimum atomic E-state index is -4.08. The van der Waals surface area contributed by atoms with Crippen LogP contribution in [0.15, 0.2) is 55.1 Å². The Bertz CT molecular complexity index is 1020. The average Bonchev–Trinajstić information content (AvgIpc) is 2.63. The van der Waals surface area contributed by atoms with Gasteiger partial charge in [0.2, 0.25) is 9.84 Å². The molecule has 10 heteroatoms. The fourth-order valence-corrected chi connectivity index (χ4v) is 4.88. The zero-order valence-corrected chi connectivity index (χ0v) is 19.5. The van der Waals surface area contributed by atoms with Gasteiger partial charge in [-0.25, -0.2) is 12.8 Å². The summed E-state index contributed by atoms with van der Waals surface area (Å²) in [5, 5.41) is 2.39. The monoisotopic (exact) mass is 549 g/mol. The maximum absolute atomic E-state index is 13.6. The van der Waals surface area contributed by atoms with Crippen LogP contribution >= 0.6 is 31.9 Å². The molecule has 0 aliphatic heterocycles. The van der Waals surface area contributed by atoms with Gasteiger partial charge < -0.3 is 10.1 Å². The summed E-state index contributed by atoms with van der Waals surface area (Å²) in [7, 11) is -4.08. The van der Waals surface area contributed by atoms with Crippen LogP contribution < -0.4 is 5.32 Å². The summed E-state index contributed by atoms with van der Waals surface area (Å²) in [5.74, 6) is -1.80. The highest BCUT2D eigenvalue weighted by atomic mass is 79.9. The summed E-state index contributed by atoms with van der Waals surface area (Å²) in [4.78, 5) is 23.5. The molecule has 2 aromatic rings. The highest BCUT2D eigenvalue weighted by molar-refractivity contribution is 9.10. The van der Waals surface area contributed by atoms with Gasteiger partial charge in [-0.2, -0.15) is 0 Å². The Hall–Kier alpha value is -1.78. The number of amides is 1. The molecule has 1 amide bonds. The van der Waals surface area contributed by atoms with Crippen molar-refractivity contribution in [3.05, 3.63) is 56.7 Å². The lowest BCUT2D eigenvalue weighted by molar-refractivity contribution is -0.143. The van der Waals surface area contributed by atoms with Crippen molar-refractivity contribution in [2.45, 2.75) is 23.6 Å². The summed E-state index contributed by atoms with van der Waals surface area (Å²) in [6.45, 7) is 3.65. The van der Waals surface area contributed by atoms with E-state index in [0.29, 0.717) is 4.47 Å². The molecule has 0 aliphatic carbocycles. The summed E-state index contributed by atoms with van der Waals surface area (Å²) in [5.41, 5.74) is 0.0186. The van der Waals surface area contributed by atoms with Crippen LogP contribution in [0.1, 0.15) is 24.2 Å². The largest absolute Gasteiger partial charge is 0.464 e. The highest BCUT2D eigenvalue weighted by Gasteiger charge is 2.22. The van der Waals surface area contributed by atoms with Gasteiger partial charge in [0.15, 0.2) is 0 Å². The van der Waals surface area contributed by atoms with Gasteiger partial charge in [-0.05, 0) is 42.3 Å². The van der Waals surface area contributed by atoms with Crippen molar-refractivity contribution < 1.29 is 27.1 Å². The molecule has 2 rings (SSSR count). The Morgan fingerprint density at radius 3 is 2.21 bits per heavy atom. The van der Waals surface area contributed by atoms with E-state index in [1.807, 2.05) is 13.8 Å². The Kier molecular flexibility index (Phi) is 7.95. The Morgan fingerprint density at radius 2 is 1.62 bits per heavy atom. The Morgan fingerprint density at radius 1 is 1.03 bits per heavy atom. The van der Waals surface area contributed by atoms with Crippen molar-refractivity contribution in [3.63, 3.8) is 0 Å². The van der Waals surface area contributed by atoms with Crippen LogP contribution in [-0.2, 0) is 19.4 Å². The van der Waals surface area contributed by atoms with Crippen LogP contribution in [-0.4, -0.2) is 33.4 Å². The van der Waals surface area contributed by atoms with E-state index in [2.05, 4.69) is 37.2 Å². The topological polar surface area (TPSA) is 89.5 Å². The van der Waals surface area contributed by atoms with Gasteiger partial charge in [0.05, 0.1) is 16.4 Å². The van der Waals surface area contributed by atoms with Crippen LogP contribution in [0.25, 0.3) is 0 Å². The maximum atomic E-state index is 13.6. The van der Waals surface area contributed by atoms with Crippen LogP contribution in [0.3, 0.4) is 0 Å². The lowest BCUT2D eigenvalue weighted by Gasteiger charge is -2.10. The number of halogens is 3. The van der Waals surface area contributed by atoms with Crippen LogP contribution in [0, 0.1) is 11.7 Å². The lowest BCUT2D eigenvalue weighted by Crippen LogP contribution is -2.31. The van der Waals surface area contributed by atoms with Crippen molar-refractivity contribution in [2.24, 2.45) is 5.92 Å². The molecule has 0 unspecified atom stereocenters. The number of carbonyl (C=O) groups is 2. The molecule has 0 aromatic heterocycles. The zero-order valence-electron chi connectivity index (χ0n) is 15.5. The summed E-state index contributed by atoms with van der Waals surface area (Å²) in [6.07, 6.45) is 0. The lowest BCUT2D eigenvalue weighted by atomic mass is 10.2. The molecule has 0 radical (unpaired) electrons. The molecule has 2 aromatic carbocycles. The fourth-order valence-electron chi connectivity index (χ4n) is 2.23. The molecule has 0 bridgehead atoms. The summed E-state index contributed by atoms with van der Waals surface area (Å²) < 4.78 is 44.9. The predicted octanol–water partition coefficient (Wildman–Crippen LogP) is 4.11. The molecule has 0 aliphatic rings. The van der Waals surface area contributed by atoms with Gasteiger partial charge in [0.25, 0.3) is 5.91 Å². The maximum Gasteiger partial charge on any atom is 0.325 e. The average molecular weight is 551 g/mol. The number of hydrogen-bond acceptors (Lipinski definition) is 5. The molecule has 156 valence electrons. The first-order valence-electron chi connectivity index (χ1n) is 8.44. The van der Waals surface area contributed by atoms with Crippen molar-refractivity contribution in [3.8, 4) is 0 Å². The molecule has 1 N–H and O–H groups in total. The van der Waals surface area contributed by atoms with Gasteiger partial charge in [-0.15, -0.1) is 0 Å². The molecule has 0 fully saturated rings. The van der Waals surface area contributed by atoms with E-state index in [9.17, 15) is 22.4 Å². The second-order valence-electron chi connectivity index (χ2n) is 6.54. The number of carbonyl (C=O) groups excluding carboxylic acids is 2. The molecular weight excluding hydrogens is 533 g/mol.